The fourth-order valence-electron chi connectivity index (χ4n) is 4.57. The zero-order valence-electron chi connectivity index (χ0n) is 15.0. The van der Waals surface area contributed by atoms with Crippen LogP contribution in [0.25, 0.3) is 0 Å². The van der Waals surface area contributed by atoms with Crippen LogP contribution in [0.1, 0.15) is 56.2 Å². The number of aryl methyl sites for hydroxylation is 1. The number of amides is 1. The maximum absolute atomic E-state index is 12.9. The molecule has 0 bridgehead atoms. The minimum Gasteiger partial charge on any atom is -0.374 e. The number of nitrogens with zero attached hydrogens (tertiary/aromatic N) is 4. The number of rotatable bonds is 3. The van der Waals surface area contributed by atoms with Gasteiger partial charge >= 0.3 is 0 Å². The molecule has 25 heavy (non-hydrogen) atoms. The van der Waals surface area contributed by atoms with Gasteiger partial charge in [0.2, 0.25) is 11.8 Å². The normalized spacial score (nSPS) is 30.9. The third-order valence-corrected chi connectivity index (χ3v) is 5.81. The van der Waals surface area contributed by atoms with Gasteiger partial charge < -0.3 is 14.2 Å². The zero-order valence-corrected chi connectivity index (χ0v) is 15.0. The quantitative estimate of drug-likeness (QED) is 0.828. The highest BCUT2D eigenvalue weighted by molar-refractivity contribution is 5.78. The van der Waals surface area contributed by atoms with E-state index in [0.717, 1.165) is 45.3 Å². The summed E-state index contributed by atoms with van der Waals surface area (Å²) in [7, 11) is 0. The molecule has 3 fully saturated rings. The summed E-state index contributed by atoms with van der Waals surface area (Å²) < 4.78 is 11.2. The molecule has 1 amide bonds. The molecule has 0 aromatic carbocycles. The second-order valence-electron chi connectivity index (χ2n) is 7.60. The molecule has 3 unspecified atom stereocenters. The molecule has 0 N–H and O–H groups in total. The Hall–Kier alpha value is -1.47. The van der Waals surface area contributed by atoms with Gasteiger partial charge in [-0.05, 0) is 39.2 Å². The number of piperidine rings is 1. The summed E-state index contributed by atoms with van der Waals surface area (Å²) in [5, 5.41) is 3.90. The van der Waals surface area contributed by atoms with Crippen LogP contribution in [-0.4, -0.2) is 70.8 Å². The van der Waals surface area contributed by atoms with Crippen LogP contribution < -0.4 is 0 Å². The number of carbonyl (C=O) groups excluding carboxylic acids is 1. The highest BCUT2D eigenvalue weighted by Crippen LogP contribution is 2.29. The average Bonchev–Trinajstić information content (AvgIpc) is 3.08. The second kappa shape index (κ2) is 7.41. The van der Waals surface area contributed by atoms with Crippen molar-refractivity contribution in [1.29, 1.82) is 0 Å². The first-order valence-electron chi connectivity index (χ1n) is 9.64. The minimum absolute atomic E-state index is 0.245. The third-order valence-electron chi connectivity index (χ3n) is 5.81. The molecule has 1 aliphatic carbocycles. The number of likely N-dealkylation sites (tertiary alicyclic amines) is 1. The first-order valence-corrected chi connectivity index (χ1v) is 9.64. The monoisotopic (exact) mass is 348 g/mol. The lowest BCUT2D eigenvalue weighted by atomic mass is 9.90. The van der Waals surface area contributed by atoms with Crippen LogP contribution >= 0.6 is 0 Å². The van der Waals surface area contributed by atoms with E-state index in [4.69, 9.17) is 9.26 Å². The van der Waals surface area contributed by atoms with Gasteiger partial charge in [0.25, 0.3) is 0 Å². The van der Waals surface area contributed by atoms with Crippen molar-refractivity contribution in [2.24, 2.45) is 0 Å². The van der Waals surface area contributed by atoms with E-state index in [1.807, 2.05) is 6.92 Å². The van der Waals surface area contributed by atoms with Gasteiger partial charge in [-0.2, -0.15) is 4.98 Å². The van der Waals surface area contributed by atoms with Gasteiger partial charge in [-0.3, -0.25) is 9.69 Å². The lowest BCUT2D eigenvalue weighted by Crippen LogP contribution is -2.57. The summed E-state index contributed by atoms with van der Waals surface area (Å²) in [4.78, 5) is 21.7. The molecule has 2 saturated heterocycles. The van der Waals surface area contributed by atoms with E-state index >= 15 is 0 Å². The van der Waals surface area contributed by atoms with Gasteiger partial charge in [-0.15, -0.1) is 0 Å². The molecule has 1 aromatic rings. The Morgan fingerprint density at radius 3 is 2.92 bits per heavy atom. The van der Waals surface area contributed by atoms with Gasteiger partial charge in [-0.25, -0.2) is 0 Å². The molecule has 1 aromatic heterocycles. The summed E-state index contributed by atoms with van der Waals surface area (Å²) in [6.45, 7) is 5.54. The van der Waals surface area contributed by atoms with E-state index in [1.165, 1.54) is 12.8 Å². The molecule has 0 spiro atoms. The Bertz CT molecular complexity index is 603. The van der Waals surface area contributed by atoms with Crippen molar-refractivity contribution in [3.8, 4) is 0 Å². The number of ether oxygens (including phenoxy) is 1. The minimum atomic E-state index is 0.245. The molecule has 2 aliphatic heterocycles. The smallest absolute Gasteiger partial charge is 0.237 e. The van der Waals surface area contributed by atoms with Crippen molar-refractivity contribution < 1.29 is 14.1 Å². The maximum Gasteiger partial charge on any atom is 0.237 e. The molecular formula is C18H28N4O3. The van der Waals surface area contributed by atoms with Crippen LogP contribution in [0, 0.1) is 6.92 Å². The Balaban J connectivity index is 1.36. The standard InChI is InChI=1S/C18H28N4O3/c1-13-19-18(25-20-13)14-5-4-8-21(11-14)12-17(23)22-9-10-24-16-7-3-2-6-15(16)22/h14-16H,2-12H2,1H3. The van der Waals surface area contributed by atoms with Crippen molar-refractivity contribution >= 4 is 5.91 Å². The molecule has 1 saturated carbocycles. The fraction of sp³-hybridized carbons (Fsp3) is 0.833. The van der Waals surface area contributed by atoms with Crippen molar-refractivity contribution in [3.63, 3.8) is 0 Å². The van der Waals surface area contributed by atoms with Gasteiger partial charge in [0, 0.05) is 13.1 Å². The molecule has 138 valence electrons. The zero-order chi connectivity index (χ0) is 17.2. The summed E-state index contributed by atoms with van der Waals surface area (Å²) in [5.74, 6) is 1.89. The van der Waals surface area contributed by atoms with Crippen LogP contribution in [0.5, 0.6) is 0 Å². The Morgan fingerprint density at radius 1 is 1.20 bits per heavy atom. The summed E-state index contributed by atoms with van der Waals surface area (Å²) in [6.07, 6.45) is 6.97. The number of aromatic nitrogens is 2. The average molecular weight is 348 g/mol. The Kier molecular flexibility index (Phi) is 5.03. The molecule has 3 atom stereocenters. The Morgan fingerprint density at radius 2 is 2.08 bits per heavy atom. The second-order valence-corrected chi connectivity index (χ2v) is 7.60. The summed E-state index contributed by atoms with van der Waals surface area (Å²) >= 11 is 0. The van der Waals surface area contributed by atoms with E-state index in [1.54, 1.807) is 0 Å². The lowest BCUT2D eigenvalue weighted by Gasteiger charge is -2.44. The number of hydrogen-bond donors (Lipinski definition) is 0. The van der Waals surface area contributed by atoms with Crippen molar-refractivity contribution in [2.75, 3.05) is 32.8 Å². The van der Waals surface area contributed by atoms with E-state index in [-0.39, 0.29) is 24.0 Å². The SMILES string of the molecule is Cc1noc(C2CCCN(CC(=O)N3CCOC4CCCCC43)C2)n1. The first-order chi connectivity index (χ1) is 12.2. The predicted octanol–water partition coefficient (Wildman–Crippen LogP) is 1.73. The predicted molar refractivity (Wildman–Crippen MR) is 91.2 cm³/mol. The summed E-state index contributed by atoms with van der Waals surface area (Å²) in [5.41, 5.74) is 0. The van der Waals surface area contributed by atoms with Gasteiger partial charge in [0.1, 0.15) is 0 Å². The largest absolute Gasteiger partial charge is 0.374 e. The van der Waals surface area contributed by atoms with Crippen LogP contribution in [0.4, 0.5) is 0 Å². The number of morpholine rings is 1. The molecule has 7 nitrogen and oxygen atoms in total. The molecule has 3 heterocycles. The van der Waals surface area contributed by atoms with E-state index in [2.05, 4.69) is 19.9 Å². The molecule has 3 aliphatic rings. The third kappa shape index (κ3) is 3.72. The van der Waals surface area contributed by atoms with Gasteiger partial charge in [0.05, 0.1) is 31.2 Å². The number of hydrogen-bond acceptors (Lipinski definition) is 6. The number of fused-ring (bicyclic) bond motifs is 1. The van der Waals surface area contributed by atoms with Gasteiger partial charge in [-0.1, -0.05) is 18.0 Å². The molecule has 7 heteroatoms. The van der Waals surface area contributed by atoms with Crippen molar-refractivity contribution in [3.05, 3.63) is 11.7 Å². The summed E-state index contributed by atoms with van der Waals surface area (Å²) in [6, 6.07) is 0.286. The van der Waals surface area contributed by atoms with E-state index in [9.17, 15) is 4.79 Å². The van der Waals surface area contributed by atoms with Crippen molar-refractivity contribution in [1.82, 2.24) is 19.9 Å². The Labute approximate surface area is 148 Å². The van der Waals surface area contributed by atoms with E-state index < -0.39 is 0 Å². The molecule has 4 rings (SSSR count). The van der Waals surface area contributed by atoms with Crippen LogP contribution in [0.2, 0.25) is 0 Å². The van der Waals surface area contributed by atoms with Gasteiger partial charge in [0.15, 0.2) is 5.82 Å². The number of carbonyl (C=O) groups is 1. The highest BCUT2D eigenvalue weighted by atomic mass is 16.5. The van der Waals surface area contributed by atoms with Crippen LogP contribution in [-0.2, 0) is 9.53 Å². The first kappa shape index (κ1) is 17.0. The van der Waals surface area contributed by atoms with E-state index in [0.29, 0.717) is 24.9 Å². The van der Waals surface area contributed by atoms with Crippen LogP contribution in [0.3, 0.4) is 0 Å². The molecular weight excluding hydrogens is 320 g/mol. The molecule has 0 radical (unpaired) electrons. The topological polar surface area (TPSA) is 71.7 Å². The fourth-order valence-corrected chi connectivity index (χ4v) is 4.57. The maximum atomic E-state index is 12.9. The van der Waals surface area contributed by atoms with Crippen molar-refractivity contribution in [2.45, 2.75) is 63.5 Å². The highest BCUT2D eigenvalue weighted by Gasteiger charge is 2.37. The lowest BCUT2D eigenvalue weighted by molar-refractivity contribution is -0.150. The van der Waals surface area contributed by atoms with Crippen LogP contribution in [0.15, 0.2) is 4.52 Å².